The molecular formula is C7H15NO4. The van der Waals surface area contributed by atoms with Gasteiger partial charge in [0.2, 0.25) is 0 Å². The number of hydrogen-bond acceptors (Lipinski definition) is 5. The van der Waals surface area contributed by atoms with Crippen LogP contribution in [0.15, 0.2) is 0 Å². The monoisotopic (exact) mass is 177 g/mol. The maximum Gasteiger partial charge on any atom is 0.109 e. The lowest BCUT2D eigenvalue weighted by molar-refractivity contribution is -0.155. The topological polar surface area (TPSA) is 107 Å². The lowest BCUT2D eigenvalue weighted by atomic mass is 9.81. The second-order valence-corrected chi connectivity index (χ2v) is 3.27. The molecule has 0 heterocycles. The van der Waals surface area contributed by atoms with E-state index in [1.165, 1.54) is 0 Å². The molecule has 0 radical (unpaired) electrons. The van der Waals surface area contributed by atoms with E-state index in [2.05, 4.69) is 0 Å². The molecule has 0 aliphatic heterocycles. The molecule has 1 saturated carbocycles. The molecule has 0 aromatic carbocycles. The van der Waals surface area contributed by atoms with Gasteiger partial charge < -0.3 is 26.2 Å². The summed E-state index contributed by atoms with van der Waals surface area (Å²) in [7, 11) is 0. The number of hydrogen-bond donors (Lipinski definition) is 5. The lowest BCUT2D eigenvalue weighted by Gasteiger charge is -2.37. The van der Waals surface area contributed by atoms with Crippen molar-refractivity contribution in [1.82, 2.24) is 0 Å². The van der Waals surface area contributed by atoms with Crippen molar-refractivity contribution in [3.05, 3.63) is 0 Å². The van der Waals surface area contributed by atoms with Crippen molar-refractivity contribution < 1.29 is 20.4 Å². The van der Waals surface area contributed by atoms with Crippen LogP contribution in [-0.2, 0) is 0 Å². The summed E-state index contributed by atoms with van der Waals surface area (Å²) in [5.74, 6) is -0.335. The summed E-state index contributed by atoms with van der Waals surface area (Å²) in [5, 5.41) is 36.8. The molecule has 1 fully saturated rings. The van der Waals surface area contributed by atoms with Crippen molar-refractivity contribution in [2.45, 2.75) is 30.8 Å². The Labute approximate surface area is 70.4 Å². The van der Waals surface area contributed by atoms with Crippen LogP contribution in [0.1, 0.15) is 6.42 Å². The lowest BCUT2D eigenvalue weighted by Crippen LogP contribution is -2.55. The minimum Gasteiger partial charge on any atom is -0.390 e. The molecule has 5 nitrogen and oxygen atoms in total. The van der Waals surface area contributed by atoms with Crippen molar-refractivity contribution in [1.29, 1.82) is 0 Å². The predicted molar refractivity (Wildman–Crippen MR) is 41.2 cm³/mol. The number of nitrogens with two attached hydrogens (primary N) is 1. The Kier molecular flexibility index (Phi) is 3.03. The first kappa shape index (κ1) is 9.88. The second kappa shape index (κ2) is 3.68. The van der Waals surface area contributed by atoms with E-state index in [1.54, 1.807) is 0 Å². The number of aliphatic hydroxyl groups excluding tert-OH is 4. The summed E-state index contributed by atoms with van der Waals surface area (Å²) in [6.45, 7) is 0.196. The van der Waals surface area contributed by atoms with Crippen LogP contribution in [-0.4, -0.2) is 51.4 Å². The average molecular weight is 177 g/mol. The molecule has 0 aromatic heterocycles. The van der Waals surface area contributed by atoms with E-state index in [4.69, 9.17) is 10.8 Å². The van der Waals surface area contributed by atoms with Crippen LogP contribution in [0.5, 0.6) is 0 Å². The molecule has 0 saturated heterocycles. The van der Waals surface area contributed by atoms with Gasteiger partial charge in [-0.15, -0.1) is 0 Å². The van der Waals surface area contributed by atoms with Gasteiger partial charge in [-0.3, -0.25) is 0 Å². The van der Waals surface area contributed by atoms with Crippen LogP contribution in [0.3, 0.4) is 0 Å². The van der Waals surface area contributed by atoms with Crippen LogP contribution in [0, 0.1) is 5.92 Å². The minimum absolute atomic E-state index is 0.196. The summed E-state index contributed by atoms with van der Waals surface area (Å²) < 4.78 is 0. The molecule has 72 valence electrons. The fourth-order valence-corrected chi connectivity index (χ4v) is 1.53. The largest absolute Gasteiger partial charge is 0.390 e. The van der Waals surface area contributed by atoms with E-state index >= 15 is 0 Å². The smallest absolute Gasteiger partial charge is 0.109 e. The summed E-state index contributed by atoms with van der Waals surface area (Å²) >= 11 is 0. The van der Waals surface area contributed by atoms with Crippen LogP contribution < -0.4 is 5.73 Å². The van der Waals surface area contributed by atoms with Gasteiger partial charge in [-0.1, -0.05) is 0 Å². The maximum atomic E-state index is 9.32. The summed E-state index contributed by atoms with van der Waals surface area (Å²) in [6, 6.07) is 0. The van der Waals surface area contributed by atoms with E-state index in [0.717, 1.165) is 0 Å². The molecule has 0 spiro atoms. The summed E-state index contributed by atoms with van der Waals surface area (Å²) in [5.41, 5.74) is 5.30. The molecule has 6 N–H and O–H groups in total. The van der Waals surface area contributed by atoms with Crippen molar-refractivity contribution in [2.75, 3.05) is 6.54 Å². The highest BCUT2D eigenvalue weighted by molar-refractivity contribution is 4.92. The highest BCUT2D eigenvalue weighted by Gasteiger charge is 2.40. The Hall–Kier alpha value is -0.200. The Bertz CT molecular complexity index is 150. The van der Waals surface area contributed by atoms with Gasteiger partial charge in [0.15, 0.2) is 0 Å². The van der Waals surface area contributed by atoms with Gasteiger partial charge in [-0.2, -0.15) is 0 Å². The van der Waals surface area contributed by atoms with E-state index in [0.29, 0.717) is 0 Å². The predicted octanol–water partition coefficient (Wildman–Crippen LogP) is -2.59. The number of aliphatic hydroxyl groups is 4. The molecule has 0 bridgehead atoms. The van der Waals surface area contributed by atoms with Crippen molar-refractivity contribution in [3.8, 4) is 0 Å². The third-order valence-corrected chi connectivity index (χ3v) is 2.42. The molecule has 0 amide bonds. The fourth-order valence-electron chi connectivity index (χ4n) is 1.53. The Morgan fingerprint density at radius 1 is 1.00 bits per heavy atom. The quantitative estimate of drug-likeness (QED) is 0.302. The molecule has 0 aromatic rings. The molecule has 12 heavy (non-hydrogen) atoms. The van der Waals surface area contributed by atoms with Crippen molar-refractivity contribution in [3.63, 3.8) is 0 Å². The zero-order chi connectivity index (χ0) is 9.30. The maximum absolute atomic E-state index is 9.32. The standard InChI is InChI=1S/C7H15NO4/c8-2-3-1-4(9)6(11)7(12)5(3)10/h3-7,9-12H,1-2,8H2/t3?,4-,5+,6?,7+/m1/s1. The molecule has 1 aliphatic carbocycles. The normalized spacial score (nSPS) is 49.2. The zero-order valence-corrected chi connectivity index (χ0v) is 6.67. The Balaban J connectivity index is 2.63. The first-order valence-corrected chi connectivity index (χ1v) is 4.00. The van der Waals surface area contributed by atoms with E-state index in [1.807, 2.05) is 0 Å². The van der Waals surface area contributed by atoms with Crippen LogP contribution in [0.4, 0.5) is 0 Å². The summed E-state index contributed by atoms with van der Waals surface area (Å²) in [4.78, 5) is 0. The van der Waals surface area contributed by atoms with Gasteiger partial charge >= 0.3 is 0 Å². The highest BCUT2D eigenvalue weighted by atomic mass is 16.4. The number of rotatable bonds is 1. The van der Waals surface area contributed by atoms with Crippen LogP contribution in [0.2, 0.25) is 0 Å². The van der Waals surface area contributed by atoms with Crippen molar-refractivity contribution in [2.24, 2.45) is 11.7 Å². The van der Waals surface area contributed by atoms with Crippen LogP contribution in [0.25, 0.3) is 0 Å². The first-order valence-electron chi connectivity index (χ1n) is 4.00. The van der Waals surface area contributed by atoms with Gasteiger partial charge in [-0.25, -0.2) is 0 Å². The minimum atomic E-state index is -1.29. The highest BCUT2D eigenvalue weighted by Crippen LogP contribution is 2.24. The zero-order valence-electron chi connectivity index (χ0n) is 6.67. The van der Waals surface area contributed by atoms with Gasteiger partial charge in [-0.05, 0) is 13.0 Å². The molecule has 2 unspecified atom stereocenters. The first-order chi connectivity index (χ1) is 5.57. The van der Waals surface area contributed by atoms with Crippen molar-refractivity contribution >= 4 is 0 Å². The molecule has 1 rings (SSSR count). The van der Waals surface area contributed by atoms with E-state index < -0.39 is 24.4 Å². The van der Waals surface area contributed by atoms with Gasteiger partial charge in [0.25, 0.3) is 0 Å². The van der Waals surface area contributed by atoms with Gasteiger partial charge in [0, 0.05) is 5.92 Å². The molecular weight excluding hydrogens is 162 g/mol. The third kappa shape index (κ3) is 1.60. The van der Waals surface area contributed by atoms with E-state index in [-0.39, 0.29) is 18.9 Å². The second-order valence-electron chi connectivity index (χ2n) is 3.27. The molecule has 5 atom stereocenters. The summed E-state index contributed by atoms with van der Waals surface area (Å²) in [6.07, 6.45) is -4.34. The van der Waals surface area contributed by atoms with Gasteiger partial charge in [0.05, 0.1) is 12.2 Å². The molecule has 5 heteroatoms. The third-order valence-electron chi connectivity index (χ3n) is 2.42. The van der Waals surface area contributed by atoms with E-state index in [9.17, 15) is 15.3 Å². The Morgan fingerprint density at radius 2 is 1.58 bits per heavy atom. The SMILES string of the molecule is NCC1C[C@@H](O)C(O)[C@@H](O)[C@H]1O. The van der Waals surface area contributed by atoms with Gasteiger partial charge in [0.1, 0.15) is 12.2 Å². The molecule has 1 aliphatic rings. The average Bonchev–Trinajstić information content (AvgIpc) is 2.08. The Morgan fingerprint density at radius 3 is 2.08 bits per heavy atom. The fraction of sp³-hybridized carbons (Fsp3) is 1.00. The van der Waals surface area contributed by atoms with Crippen LogP contribution >= 0.6 is 0 Å².